The SMILES string of the molecule is CCCNC(=O)c1cccc(C)c1NC(=O)NC(=O)c1cc(C(F)(F)F)nn1-c1ncccc1Cl. The van der Waals surface area contributed by atoms with E-state index in [4.69, 9.17) is 11.6 Å². The van der Waals surface area contributed by atoms with Crippen molar-refractivity contribution in [2.24, 2.45) is 0 Å². The normalized spacial score (nSPS) is 11.1. The van der Waals surface area contributed by atoms with E-state index < -0.39 is 35.4 Å². The lowest BCUT2D eigenvalue weighted by Crippen LogP contribution is -2.36. The summed E-state index contributed by atoms with van der Waals surface area (Å²) in [7, 11) is 0. The Hall–Kier alpha value is -3.93. The summed E-state index contributed by atoms with van der Waals surface area (Å²) in [6.07, 6.45) is -2.91. The van der Waals surface area contributed by atoms with Crippen molar-refractivity contribution in [1.29, 1.82) is 0 Å². The van der Waals surface area contributed by atoms with Crippen molar-refractivity contribution in [2.75, 3.05) is 11.9 Å². The van der Waals surface area contributed by atoms with E-state index in [1.54, 1.807) is 19.1 Å². The lowest BCUT2D eigenvalue weighted by atomic mass is 10.1. The molecular formula is C22H20ClF3N6O3. The number of alkyl halides is 3. The third-order valence-corrected chi connectivity index (χ3v) is 4.99. The van der Waals surface area contributed by atoms with Gasteiger partial charge in [0.15, 0.2) is 11.5 Å². The molecule has 13 heteroatoms. The zero-order valence-electron chi connectivity index (χ0n) is 18.5. The monoisotopic (exact) mass is 508 g/mol. The van der Waals surface area contributed by atoms with Gasteiger partial charge in [-0.2, -0.15) is 18.3 Å². The Morgan fingerprint density at radius 2 is 1.86 bits per heavy atom. The highest BCUT2D eigenvalue weighted by molar-refractivity contribution is 6.32. The second-order valence-corrected chi connectivity index (χ2v) is 7.70. The molecule has 0 aliphatic heterocycles. The minimum Gasteiger partial charge on any atom is -0.352 e. The second kappa shape index (κ2) is 10.6. The molecule has 0 radical (unpaired) electrons. The van der Waals surface area contributed by atoms with Crippen LogP contribution in [0.2, 0.25) is 5.02 Å². The third kappa shape index (κ3) is 5.96. The quantitative estimate of drug-likeness (QED) is 0.457. The number of nitrogens with zero attached hydrogens (tertiary/aromatic N) is 3. The number of amides is 4. The highest BCUT2D eigenvalue weighted by atomic mass is 35.5. The molecule has 1 aromatic carbocycles. The van der Waals surface area contributed by atoms with Gasteiger partial charge in [-0.25, -0.2) is 14.5 Å². The fraction of sp³-hybridized carbons (Fsp3) is 0.227. The number of para-hydroxylation sites is 1. The van der Waals surface area contributed by atoms with E-state index in [1.165, 1.54) is 24.4 Å². The molecule has 0 aliphatic carbocycles. The first-order chi connectivity index (χ1) is 16.5. The lowest BCUT2D eigenvalue weighted by molar-refractivity contribution is -0.141. The molecule has 0 unspecified atom stereocenters. The summed E-state index contributed by atoms with van der Waals surface area (Å²) in [4.78, 5) is 41.7. The number of anilines is 1. The van der Waals surface area contributed by atoms with Gasteiger partial charge in [-0.3, -0.25) is 14.9 Å². The number of aryl methyl sites for hydroxylation is 1. The summed E-state index contributed by atoms with van der Waals surface area (Å²) in [6, 6.07) is 6.97. The van der Waals surface area contributed by atoms with Gasteiger partial charge in [-0.1, -0.05) is 30.7 Å². The number of nitrogens with one attached hydrogen (secondary N) is 3. The predicted molar refractivity (Wildman–Crippen MR) is 122 cm³/mol. The van der Waals surface area contributed by atoms with Gasteiger partial charge in [-0.05, 0) is 37.1 Å². The van der Waals surface area contributed by atoms with Crippen LogP contribution in [0.3, 0.4) is 0 Å². The molecule has 3 rings (SSSR count). The fourth-order valence-electron chi connectivity index (χ4n) is 3.04. The molecule has 0 atom stereocenters. The standard InChI is InChI=1S/C22H20ClF3N6O3/c1-3-9-28-19(33)13-7-4-6-12(2)17(13)29-21(35)30-20(34)15-11-16(22(24,25)26)31-32(15)18-14(23)8-5-10-27-18/h4-8,10-11H,3,9H2,1-2H3,(H,28,33)(H2,29,30,34,35). The molecule has 0 saturated carbocycles. The Labute approximate surface area is 202 Å². The van der Waals surface area contributed by atoms with Crippen LogP contribution in [0, 0.1) is 6.92 Å². The fourth-order valence-corrected chi connectivity index (χ4v) is 3.25. The van der Waals surface area contributed by atoms with Gasteiger partial charge >= 0.3 is 12.2 Å². The maximum atomic E-state index is 13.3. The van der Waals surface area contributed by atoms with Crippen LogP contribution in [0.15, 0.2) is 42.6 Å². The summed E-state index contributed by atoms with van der Waals surface area (Å²) < 4.78 is 40.5. The molecule has 2 heterocycles. The van der Waals surface area contributed by atoms with E-state index in [9.17, 15) is 27.6 Å². The van der Waals surface area contributed by atoms with Gasteiger partial charge in [0, 0.05) is 18.8 Å². The Bertz CT molecular complexity index is 1280. The van der Waals surface area contributed by atoms with E-state index in [0.29, 0.717) is 29.3 Å². The number of hydrogen-bond donors (Lipinski definition) is 3. The molecule has 4 amide bonds. The molecule has 3 N–H and O–H groups in total. The first kappa shape index (κ1) is 25.7. The van der Waals surface area contributed by atoms with Crippen LogP contribution in [0.1, 0.15) is 45.4 Å². The molecule has 9 nitrogen and oxygen atoms in total. The molecule has 2 aromatic heterocycles. The number of urea groups is 1. The zero-order valence-corrected chi connectivity index (χ0v) is 19.3. The maximum absolute atomic E-state index is 13.3. The lowest BCUT2D eigenvalue weighted by Gasteiger charge is -2.14. The minimum atomic E-state index is -4.87. The van der Waals surface area contributed by atoms with Crippen LogP contribution in [0.5, 0.6) is 0 Å². The highest BCUT2D eigenvalue weighted by Gasteiger charge is 2.37. The summed E-state index contributed by atoms with van der Waals surface area (Å²) >= 11 is 6.02. The van der Waals surface area contributed by atoms with Crippen molar-refractivity contribution < 1.29 is 27.6 Å². The van der Waals surface area contributed by atoms with Crippen LogP contribution in [-0.2, 0) is 6.18 Å². The number of hydrogen-bond acceptors (Lipinski definition) is 5. The topological polar surface area (TPSA) is 118 Å². The average molecular weight is 509 g/mol. The molecule has 3 aromatic rings. The second-order valence-electron chi connectivity index (χ2n) is 7.29. The summed E-state index contributed by atoms with van der Waals surface area (Å²) in [5, 5.41) is 10.4. The van der Waals surface area contributed by atoms with Crippen LogP contribution in [-0.4, -0.2) is 39.2 Å². The maximum Gasteiger partial charge on any atom is 0.435 e. The van der Waals surface area contributed by atoms with E-state index in [2.05, 4.69) is 20.7 Å². The van der Waals surface area contributed by atoms with Gasteiger partial charge in [-0.15, -0.1) is 0 Å². The molecule has 0 aliphatic rings. The molecule has 0 fully saturated rings. The number of pyridine rings is 1. The largest absolute Gasteiger partial charge is 0.435 e. The van der Waals surface area contributed by atoms with Crippen LogP contribution < -0.4 is 16.0 Å². The molecule has 184 valence electrons. The van der Waals surface area contributed by atoms with E-state index in [-0.39, 0.29) is 22.1 Å². The van der Waals surface area contributed by atoms with Crippen molar-refractivity contribution >= 4 is 35.1 Å². The van der Waals surface area contributed by atoms with Crippen molar-refractivity contribution in [1.82, 2.24) is 25.4 Å². The molecule has 35 heavy (non-hydrogen) atoms. The average Bonchev–Trinajstić information content (AvgIpc) is 3.25. The Kier molecular flexibility index (Phi) is 7.75. The first-order valence-corrected chi connectivity index (χ1v) is 10.7. The van der Waals surface area contributed by atoms with Crippen molar-refractivity contribution in [2.45, 2.75) is 26.4 Å². The number of carbonyl (C=O) groups excluding carboxylic acids is 3. The van der Waals surface area contributed by atoms with E-state index in [1.807, 2.05) is 12.2 Å². The molecule has 0 bridgehead atoms. The number of benzene rings is 1. The van der Waals surface area contributed by atoms with Crippen molar-refractivity contribution in [3.05, 3.63) is 70.1 Å². The van der Waals surface area contributed by atoms with E-state index >= 15 is 0 Å². The van der Waals surface area contributed by atoms with Gasteiger partial charge in [0.05, 0.1) is 16.3 Å². The Balaban J connectivity index is 1.89. The number of rotatable bonds is 6. The number of aromatic nitrogens is 3. The summed E-state index contributed by atoms with van der Waals surface area (Å²) in [5.74, 6) is -1.86. The summed E-state index contributed by atoms with van der Waals surface area (Å²) in [6.45, 7) is 3.93. The molecular weight excluding hydrogens is 489 g/mol. The zero-order chi connectivity index (χ0) is 25.8. The molecule has 0 spiro atoms. The number of carbonyl (C=O) groups is 3. The van der Waals surface area contributed by atoms with Gasteiger partial charge in [0.25, 0.3) is 11.8 Å². The van der Waals surface area contributed by atoms with Gasteiger partial charge < -0.3 is 10.6 Å². The van der Waals surface area contributed by atoms with Crippen molar-refractivity contribution in [3.8, 4) is 5.82 Å². The van der Waals surface area contributed by atoms with Crippen LogP contribution >= 0.6 is 11.6 Å². The van der Waals surface area contributed by atoms with Gasteiger partial charge in [0.2, 0.25) is 0 Å². The Morgan fingerprint density at radius 3 is 2.51 bits per heavy atom. The minimum absolute atomic E-state index is 0.0644. The van der Waals surface area contributed by atoms with Crippen LogP contribution in [0.4, 0.5) is 23.7 Å². The number of imide groups is 1. The van der Waals surface area contributed by atoms with E-state index in [0.717, 1.165) is 0 Å². The molecule has 0 saturated heterocycles. The third-order valence-electron chi connectivity index (χ3n) is 4.69. The van der Waals surface area contributed by atoms with Gasteiger partial charge in [0.1, 0.15) is 5.69 Å². The van der Waals surface area contributed by atoms with Crippen molar-refractivity contribution in [3.63, 3.8) is 0 Å². The first-order valence-electron chi connectivity index (χ1n) is 10.3. The highest BCUT2D eigenvalue weighted by Crippen LogP contribution is 2.30. The summed E-state index contributed by atoms with van der Waals surface area (Å²) in [5.41, 5.74) is -1.17. The Morgan fingerprint density at radius 1 is 1.11 bits per heavy atom. The van der Waals surface area contributed by atoms with Crippen LogP contribution in [0.25, 0.3) is 5.82 Å². The predicted octanol–water partition coefficient (Wildman–Crippen LogP) is 4.35. The number of halogens is 4. The smallest absolute Gasteiger partial charge is 0.352 e.